The number of benzene rings is 1. The molecular formula is C13H17N3O4. The van der Waals surface area contributed by atoms with Crippen LogP contribution in [0.25, 0.3) is 0 Å². The minimum absolute atomic E-state index is 0.0213. The molecule has 1 aromatic rings. The van der Waals surface area contributed by atoms with Gasteiger partial charge in [-0.1, -0.05) is 0 Å². The Kier molecular flexibility index (Phi) is 3.45. The molecular weight excluding hydrogens is 262 g/mol. The molecule has 20 heavy (non-hydrogen) atoms. The monoisotopic (exact) mass is 279 g/mol. The van der Waals surface area contributed by atoms with E-state index < -0.39 is 0 Å². The molecule has 1 fully saturated rings. The van der Waals surface area contributed by atoms with Gasteiger partial charge in [-0.2, -0.15) is 0 Å². The predicted octanol–water partition coefficient (Wildman–Crippen LogP) is 1.29. The number of rotatable bonds is 3. The maximum atomic E-state index is 11.3. The van der Waals surface area contributed by atoms with Gasteiger partial charge in [0.2, 0.25) is 6.79 Å². The molecule has 0 unspecified atom stereocenters. The number of fused-ring (bicyclic) bond motifs is 1. The number of hydrogen-bond acceptors (Lipinski definition) is 6. The van der Waals surface area contributed by atoms with Crippen molar-refractivity contribution >= 4 is 5.69 Å². The highest BCUT2D eigenvalue weighted by Crippen LogP contribution is 2.41. The van der Waals surface area contributed by atoms with Gasteiger partial charge in [0.05, 0.1) is 16.6 Å². The Bertz CT molecular complexity index is 529. The van der Waals surface area contributed by atoms with Gasteiger partial charge in [0.1, 0.15) is 0 Å². The fourth-order valence-electron chi connectivity index (χ4n) is 2.71. The molecule has 108 valence electrons. The molecule has 1 atom stereocenters. The summed E-state index contributed by atoms with van der Waals surface area (Å²) >= 11 is 0. The third kappa shape index (κ3) is 2.30. The van der Waals surface area contributed by atoms with E-state index in [4.69, 9.17) is 9.47 Å². The van der Waals surface area contributed by atoms with Crippen molar-refractivity contribution in [1.82, 2.24) is 10.2 Å². The molecule has 0 amide bonds. The summed E-state index contributed by atoms with van der Waals surface area (Å²) in [6, 6.07) is 3.19. The van der Waals surface area contributed by atoms with Crippen LogP contribution < -0.4 is 14.8 Å². The fraction of sp³-hybridized carbons (Fsp3) is 0.538. The fourth-order valence-corrected chi connectivity index (χ4v) is 2.71. The Labute approximate surface area is 116 Å². The Balaban J connectivity index is 1.96. The highest BCUT2D eigenvalue weighted by molar-refractivity contribution is 5.56. The number of hydrogen-bond donors (Lipinski definition) is 1. The van der Waals surface area contributed by atoms with Gasteiger partial charge >= 0.3 is 0 Å². The van der Waals surface area contributed by atoms with Gasteiger partial charge in [0.25, 0.3) is 5.69 Å². The van der Waals surface area contributed by atoms with Crippen molar-refractivity contribution in [2.24, 2.45) is 0 Å². The van der Waals surface area contributed by atoms with Crippen molar-refractivity contribution in [1.29, 1.82) is 0 Å². The third-order valence-electron chi connectivity index (χ3n) is 3.87. The molecule has 0 spiro atoms. The molecule has 1 N–H and O–H groups in total. The van der Waals surface area contributed by atoms with E-state index >= 15 is 0 Å². The Hall–Kier alpha value is -1.86. The van der Waals surface area contributed by atoms with Crippen LogP contribution in [0, 0.1) is 10.1 Å². The van der Waals surface area contributed by atoms with Crippen LogP contribution in [-0.2, 0) is 0 Å². The van der Waals surface area contributed by atoms with E-state index in [9.17, 15) is 10.1 Å². The van der Waals surface area contributed by atoms with Crippen LogP contribution in [0.4, 0.5) is 5.69 Å². The molecule has 0 aromatic heterocycles. The topological polar surface area (TPSA) is 76.9 Å². The zero-order chi connectivity index (χ0) is 14.1. The zero-order valence-electron chi connectivity index (χ0n) is 11.3. The lowest BCUT2D eigenvalue weighted by molar-refractivity contribution is -0.386. The van der Waals surface area contributed by atoms with E-state index in [1.807, 2.05) is 6.92 Å². The minimum atomic E-state index is -0.351. The first-order chi connectivity index (χ1) is 9.66. The second-order valence-corrected chi connectivity index (χ2v) is 4.98. The molecule has 2 aliphatic heterocycles. The summed E-state index contributed by atoms with van der Waals surface area (Å²) in [5.74, 6) is 1.04. The van der Waals surface area contributed by atoms with E-state index in [-0.39, 0.29) is 23.4 Å². The van der Waals surface area contributed by atoms with E-state index in [1.165, 1.54) is 6.07 Å². The normalized spacial score (nSPS) is 19.9. The second kappa shape index (κ2) is 5.26. The number of nitrogens with zero attached hydrogens (tertiary/aromatic N) is 2. The molecule has 7 nitrogen and oxygen atoms in total. The molecule has 7 heteroatoms. The molecule has 1 saturated heterocycles. The Morgan fingerprint density at radius 2 is 1.95 bits per heavy atom. The molecule has 0 saturated carbocycles. The standard InChI is InChI=1S/C13H17N3O4/c1-9(15-4-2-14-3-5-15)10-6-12-13(20-8-19-12)7-11(10)16(17)18/h6-7,9,14H,2-5,8H2,1H3/t9-/m0/s1. The van der Waals surface area contributed by atoms with Crippen LogP contribution in [-0.4, -0.2) is 42.8 Å². The molecule has 0 aliphatic carbocycles. The van der Waals surface area contributed by atoms with Crippen LogP contribution in [0.2, 0.25) is 0 Å². The van der Waals surface area contributed by atoms with Crippen LogP contribution in [0.15, 0.2) is 12.1 Å². The van der Waals surface area contributed by atoms with Gasteiger partial charge in [-0.05, 0) is 13.0 Å². The van der Waals surface area contributed by atoms with Crippen molar-refractivity contribution in [3.8, 4) is 11.5 Å². The molecule has 2 heterocycles. The van der Waals surface area contributed by atoms with E-state index in [2.05, 4.69) is 10.2 Å². The van der Waals surface area contributed by atoms with Gasteiger partial charge < -0.3 is 14.8 Å². The van der Waals surface area contributed by atoms with Crippen molar-refractivity contribution in [2.75, 3.05) is 33.0 Å². The van der Waals surface area contributed by atoms with Crippen molar-refractivity contribution in [3.05, 3.63) is 27.8 Å². The average molecular weight is 279 g/mol. The summed E-state index contributed by atoms with van der Waals surface area (Å²) in [6.07, 6.45) is 0. The summed E-state index contributed by atoms with van der Waals surface area (Å²) in [5.41, 5.74) is 0.779. The second-order valence-electron chi connectivity index (χ2n) is 4.98. The van der Waals surface area contributed by atoms with E-state index in [1.54, 1.807) is 6.07 Å². The maximum absolute atomic E-state index is 11.3. The Morgan fingerprint density at radius 1 is 1.30 bits per heavy atom. The maximum Gasteiger partial charge on any atom is 0.278 e. The zero-order valence-corrected chi connectivity index (χ0v) is 11.3. The van der Waals surface area contributed by atoms with Gasteiger partial charge in [0, 0.05) is 32.2 Å². The molecule has 1 aromatic carbocycles. The quantitative estimate of drug-likeness (QED) is 0.663. The number of piperazine rings is 1. The summed E-state index contributed by atoms with van der Waals surface area (Å²) in [7, 11) is 0. The molecule has 0 radical (unpaired) electrons. The molecule has 3 rings (SSSR count). The van der Waals surface area contributed by atoms with Gasteiger partial charge in [-0.15, -0.1) is 0 Å². The summed E-state index contributed by atoms with van der Waals surface area (Å²) < 4.78 is 10.6. The van der Waals surface area contributed by atoms with Crippen LogP contribution in [0.5, 0.6) is 11.5 Å². The third-order valence-corrected chi connectivity index (χ3v) is 3.87. The van der Waals surface area contributed by atoms with Crippen LogP contribution in [0.3, 0.4) is 0 Å². The van der Waals surface area contributed by atoms with Gasteiger partial charge in [-0.25, -0.2) is 0 Å². The Morgan fingerprint density at radius 3 is 2.60 bits per heavy atom. The van der Waals surface area contributed by atoms with Gasteiger partial charge in [-0.3, -0.25) is 15.0 Å². The van der Waals surface area contributed by atoms with Gasteiger partial charge in [0.15, 0.2) is 11.5 Å². The number of nitrogens with one attached hydrogen (secondary N) is 1. The van der Waals surface area contributed by atoms with E-state index in [0.717, 1.165) is 26.2 Å². The minimum Gasteiger partial charge on any atom is -0.454 e. The smallest absolute Gasteiger partial charge is 0.278 e. The highest BCUT2D eigenvalue weighted by Gasteiger charge is 2.29. The first-order valence-corrected chi connectivity index (χ1v) is 6.69. The molecule has 2 aliphatic rings. The summed E-state index contributed by atoms with van der Waals surface area (Å²) in [6.45, 7) is 5.69. The number of nitro groups is 1. The van der Waals surface area contributed by atoms with Crippen molar-refractivity contribution in [2.45, 2.75) is 13.0 Å². The lowest BCUT2D eigenvalue weighted by Gasteiger charge is -2.32. The van der Waals surface area contributed by atoms with E-state index in [0.29, 0.717) is 17.1 Å². The lowest BCUT2D eigenvalue weighted by atomic mass is 10.0. The number of nitro benzene ring substituents is 1. The molecule has 0 bridgehead atoms. The average Bonchev–Trinajstić information content (AvgIpc) is 2.93. The van der Waals surface area contributed by atoms with Crippen LogP contribution >= 0.6 is 0 Å². The largest absolute Gasteiger partial charge is 0.454 e. The number of ether oxygens (including phenoxy) is 2. The first-order valence-electron chi connectivity index (χ1n) is 6.69. The van der Waals surface area contributed by atoms with Crippen LogP contribution in [0.1, 0.15) is 18.5 Å². The summed E-state index contributed by atoms with van der Waals surface area (Å²) in [5, 5.41) is 14.6. The first kappa shape index (κ1) is 13.1. The summed E-state index contributed by atoms with van der Waals surface area (Å²) in [4.78, 5) is 13.2. The lowest BCUT2D eigenvalue weighted by Crippen LogP contribution is -2.44. The van der Waals surface area contributed by atoms with Crippen molar-refractivity contribution in [3.63, 3.8) is 0 Å². The van der Waals surface area contributed by atoms with Crippen molar-refractivity contribution < 1.29 is 14.4 Å². The highest BCUT2D eigenvalue weighted by atomic mass is 16.7. The SMILES string of the molecule is C[C@@H](c1cc2c(cc1[N+](=O)[O-])OCO2)N1CCNCC1. The predicted molar refractivity (Wildman–Crippen MR) is 72.1 cm³/mol.